The monoisotopic (exact) mass is 360 g/mol. The highest BCUT2D eigenvalue weighted by Crippen LogP contribution is 2.35. The number of rotatable bonds is 2. The van der Waals surface area contributed by atoms with E-state index in [1.54, 1.807) is 24.3 Å². The van der Waals surface area contributed by atoms with Crippen LogP contribution in [0.3, 0.4) is 0 Å². The van der Waals surface area contributed by atoms with Crippen molar-refractivity contribution in [3.8, 4) is 11.8 Å². The van der Waals surface area contributed by atoms with E-state index in [0.29, 0.717) is 28.3 Å². The van der Waals surface area contributed by atoms with Crippen molar-refractivity contribution < 1.29 is 14.3 Å². The Morgan fingerprint density at radius 2 is 2.04 bits per heavy atom. The summed E-state index contributed by atoms with van der Waals surface area (Å²) in [6, 6.07) is 12.3. The molecule has 27 heavy (non-hydrogen) atoms. The summed E-state index contributed by atoms with van der Waals surface area (Å²) < 4.78 is 14.0. The SMILES string of the molecule is N#Cc1ccc2c(c1)CC(=O)c1c(Nc3cc(O)ccc3F)ccnc1N2. The maximum Gasteiger partial charge on any atom is 0.173 e. The van der Waals surface area contributed by atoms with Crippen molar-refractivity contribution >= 4 is 28.7 Å². The smallest absolute Gasteiger partial charge is 0.173 e. The minimum absolute atomic E-state index is 0.0460. The fraction of sp³-hybridized carbons (Fsp3) is 0.0500. The number of hydrogen-bond donors (Lipinski definition) is 3. The molecule has 0 fully saturated rings. The molecule has 0 aliphatic carbocycles. The van der Waals surface area contributed by atoms with Crippen molar-refractivity contribution in [1.82, 2.24) is 4.98 Å². The highest BCUT2D eigenvalue weighted by molar-refractivity contribution is 6.09. The van der Waals surface area contributed by atoms with E-state index in [1.165, 1.54) is 18.3 Å². The van der Waals surface area contributed by atoms with Gasteiger partial charge in [-0.05, 0) is 42.0 Å². The molecular formula is C20H13FN4O2. The van der Waals surface area contributed by atoms with Crippen molar-refractivity contribution in [2.45, 2.75) is 6.42 Å². The zero-order valence-corrected chi connectivity index (χ0v) is 14.0. The Hall–Kier alpha value is -3.92. The molecule has 2 aromatic carbocycles. The summed E-state index contributed by atoms with van der Waals surface area (Å²) >= 11 is 0. The van der Waals surface area contributed by atoms with Crippen LogP contribution in [-0.2, 0) is 6.42 Å². The topological polar surface area (TPSA) is 98.0 Å². The number of phenolic OH excluding ortho intramolecular Hbond substituents is 1. The number of phenols is 1. The van der Waals surface area contributed by atoms with Gasteiger partial charge in [0.1, 0.15) is 17.4 Å². The van der Waals surface area contributed by atoms with E-state index in [2.05, 4.69) is 21.7 Å². The predicted molar refractivity (Wildman–Crippen MR) is 98.1 cm³/mol. The third-order valence-corrected chi connectivity index (χ3v) is 4.29. The Kier molecular flexibility index (Phi) is 3.94. The van der Waals surface area contributed by atoms with Gasteiger partial charge in [-0.3, -0.25) is 4.79 Å². The highest BCUT2D eigenvalue weighted by atomic mass is 19.1. The number of fused-ring (bicyclic) bond motifs is 2. The third-order valence-electron chi connectivity index (χ3n) is 4.29. The van der Waals surface area contributed by atoms with Gasteiger partial charge in [0.25, 0.3) is 0 Å². The van der Waals surface area contributed by atoms with Crippen LogP contribution in [0.25, 0.3) is 0 Å². The Morgan fingerprint density at radius 3 is 2.85 bits per heavy atom. The number of anilines is 4. The fourth-order valence-electron chi connectivity index (χ4n) is 3.02. The summed E-state index contributed by atoms with van der Waals surface area (Å²) in [5.41, 5.74) is 2.54. The van der Waals surface area contributed by atoms with Crippen molar-refractivity contribution in [2.24, 2.45) is 0 Å². The van der Waals surface area contributed by atoms with Crippen molar-refractivity contribution in [1.29, 1.82) is 5.26 Å². The first-order chi connectivity index (χ1) is 13.0. The van der Waals surface area contributed by atoms with Crippen LogP contribution in [0.1, 0.15) is 21.5 Å². The van der Waals surface area contributed by atoms with Gasteiger partial charge < -0.3 is 15.7 Å². The molecule has 1 aliphatic heterocycles. The molecule has 132 valence electrons. The first-order valence-electron chi connectivity index (χ1n) is 8.13. The van der Waals surface area contributed by atoms with Gasteiger partial charge in [0.15, 0.2) is 5.78 Å². The van der Waals surface area contributed by atoms with E-state index < -0.39 is 5.82 Å². The molecule has 3 N–H and O–H groups in total. The number of hydrogen-bond acceptors (Lipinski definition) is 6. The lowest BCUT2D eigenvalue weighted by atomic mass is 10.0. The summed E-state index contributed by atoms with van der Waals surface area (Å²) in [4.78, 5) is 17.1. The van der Waals surface area contributed by atoms with Crippen molar-refractivity contribution in [2.75, 3.05) is 10.6 Å². The maximum atomic E-state index is 14.0. The number of pyridine rings is 1. The fourth-order valence-corrected chi connectivity index (χ4v) is 3.02. The lowest BCUT2D eigenvalue weighted by Crippen LogP contribution is -2.08. The second-order valence-electron chi connectivity index (χ2n) is 6.08. The van der Waals surface area contributed by atoms with Crippen LogP contribution in [0.2, 0.25) is 0 Å². The van der Waals surface area contributed by atoms with Gasteiger partial charge in [-0.1, -0.05) is 0 Å². The van der Waals surface area contributed by atoms with Crippen LogP contribution in [-0.4, -0.2) is 15.9 Å². The Balaban J connectivity index is 1.78. The number of carbonyl (C=O) groups is 1. The summed E-state index contributed by atoms with van der Waals surface area (Å²) in [7, 11) is 0. The molecule has 2 heterocycles. The van der Waals surface area contributed by atoms with Crippen LogP contribution in [0, 0.1) is 17.1 Å². The number of benzene rings is 2. The molecule has 1 aliphatic rings. The average molecular weight is 360 g/mol. The zero-order valence-electron chi connectivity index (χ0n) is 14.0. The molecule has 0 saturated heterocycles. The summed E-state index contributed by atoms with van der Waals surface area (Å²) in [5, 5.41) is 24.6. The quantitative estimate of drug-likeness (QED) is 0.638. The largest absolute Gasteiger partial charge is 0.508 e. The number of carbonyl (C=O) groups excluding carboxylic acids is 1. The van der Waals surface area contributed by atoms with Crippen LogP contribution in [0.5, 0.6) is 5.75 Å². The molecule has 1 aromatic heterocycles. The highest BCUT2D eigenvalue weighted by Gasteiger charge is 2.24. The van der Waals surface area contributed by atoms with Gasteiger partial charge in [0, 0.05) is 24.4 Å². The van der Waals surface area contributed by atoms with Gasteiger partial charge in [-0.25, -0.2) is 9.37 Å². The van der Waals surface area contributed by atoms with Crippen LogP contribution in [0.4, 0.5) is 27.3 Å². The van der Waals surface area contributed by atoms with Gasteiger partial charge in [-0.2, -0.15) is 5.26 Å². The summed E-state index contributed by atoms with van der Waals surface area (Å²) in [6.45, 7) is 0. The van der Waals surface area contributed by atoms with Gasteiger partial charge in [-0.15, -0.1) is 0 Å². The molecule has 0 unspecified atom stereocenters. The minimum atomic E-state index is -0.561. The van der Waals surface area contributed by atoms with Crippen molar-refractivity contribution in [3.05, 3.63) is 71.2 Å². The van der Waals surface area contributed by atoms with Crippen LogP contribution < -0.4 is 10.6 Å². The Labute approximate surface area is 153 Å². The predicted octanol–water partition coefficient (Wildman–Crippen LogP) is 4.02. The van der Waals surface area contributed by atoms with E-state index in [9.17, 15) is 14.3 Å². The molecular weight excluding hydrogens is 347 g/mol. The number of nitrogens with zero attached hydrogens (tertiary/aromatic N) is 2. The molecule has 0 amide bonds. The Bertz CT molecular complexity index is 1120. The van der Waals surface area contributed by atoms with Crippen LogP contribution >= 0.6 is 0 Å². The molecule has 0 bridgehead atoms. The van der Waals surface area contributed by atoms with Crippen molar-refractivity contribution in [3.63, 3.8) is 0 Å². The number of ketones is 1. The molecule has 7 heteroatoms. The average Bonchev–Trinajstić information content (AvgIpc) is 2.80. The Morgan fingerprint density at radius 1 is 1.19 bits per heavy atom. The molecule has 0 atom stereocenters. The third kappa shape index (κ3) is 3.04. The number of aromatic nitrogens is 1. The lowest BCUT2D eigenvalue weighted by molar-refractivity contribution is 0.0995. The summed E-state index contributed by atoms with van der Waals surface area (Å²) in [5.74, 6) is -0.536. The minimum Gasteiger partial charge on any atom is -0.508 e. The van der Waals surface area contributed by atoms with Crippen LogP contribution in [0.15, 0.2) is 48.7 Å². The van der Waals surface area contributed by atoms with E-state index in [4.69, 9.17) is 5.26 Å². The normalized spacial score (nSPS) is 12.2. The number of aromatic hydroxyl groups is 1. The number of nitriles is 1. The number of Topliss-reactive ketones (excluding diaryl/α,β-unsaturated/α-hetero) is 1. The van der Waals surface area contributed by atoms with Gasteiger partial charge in [0.2, 0.25) is 0 Å². The molecule has 0 radical (unpaired) electrons. The molecule has 0 spiro atoms. The number of halogens is 1. The lowest BCUT2D eigenvalue weighted by Gasteiger charge is -2.14. The number of nitrogens with one attached hydrogen (secondary N) is 2. The van der Waals surface area contributed by atoms with E-state index >= 15 is 0 Å². The molecule has 4 rings (SSSR count). The first-order valence-corrected chi connectivity index (χ1v) is 8.13. The van der Waals surface area contributed by atoms with Gasteiger partial charge >= 0.3 is 0 Å². The summed E-state index contributed by atoms with van der Waals surface area (Å²) in [6.07, 6.45) is 1.57. The molecule has 3 aromatic rings. The van der Waals surface area contributed by atoms with E-state index in [1.807, 2.05) is 0 Å². The first kappa shape index (κ1) is 16.5. The second kappa shape index (κ2) is 6.42. The molecule has 0 saturated carbocycles. The maximum absolute atomic E-state index is 14.0. The van der Waals surface area contributed by atoms with Gasteiger partial charge in [0.05, 0.1) is 28.6 Å². The van der Waals surface area contributed by atoms with E-state index in [0.717, 1.165) is 6.07 Å². The second-order valence-corrected chi connectivity index (χ2v) is 6.08. The standard InChI is InChI=1S/C20H13FN4O2/c21-14-3-2-13(26)9-17(14)24-16-5-6-23-20-19(16)18(27)8-12-7-11(10-22)1-4-15(12)25-20/h1-7,9,26H,8H2,(H2,23,24,25). The molecule has 6 nitrogen and oxygen atoms in total. The zero-order chi connectivity index (χ0) is 19.0. The van der Waals surface area contributed by atoms with E-state index in [-0.39, 0.29) is 29.2 Å².